The average molecular weight is 319 g/mol. The predicted octanol–water partition coefficient (Wildman–Crippen LogP) is 3.40. The molecule has 1 aromatic rings. The number of nitrogens with two attached hydrogens (primary N) is 1. The molecule has 0 amide bonds. The molecule has 1 aromatic carbocycles. The summed E-state index contributed by atoms with van der Waals surface area (Å²) in [5.41, 5.74) is 7.30. The SMILES string of the molecule is COC(C(N)Cc1ccc(Br)cc1Cl)C1CC1. The standard InChI is InChI=1S/C13H17BrClNO/c1-17-13(8-2-3-8)12(16)6-9-4-5-10(14)7-11(9)15/h4-5,7-8,12-13H,2-3,6,16H2,1H3. The fourth-order valence-corrected chi connectivity index (χ4v) is 2.95. The van der Waals surface area contributed by atoms with Gasteiger partial charge in [-0.2, -0.15) is 0 Å². The summed E-state index contributed by atoms with van der Waals surface area (Å²) in [6.07, 6.45) is 3.40. The Hall–Kier alpha value is -0.0900. The number of methoxy groups -OCH3 is 1. The number of rotatable bonds is 5. The molecule has 2 unspecified atom stereocenters. The van der Waals surface area contributed by atoms with Crippen molar-refractivity contribution < 1.29 is 4.74 Å². The first-order chi connectivity index (χ1) is 8.11. The minimum Gasteiger partial charge on any atom is -0.380 e. The molecule has 1 saturated carbocycles. The first-order valence-electron chi connectivity index (χ1n) is 5.84. The van der Waals surface area contributed by atoms with Crippen molar-refractivity contribution in [2.45, 2.75) is 31.4 Å². The van der Waals surface area contributed by atoms with E-state index in [9.17, 15) is 0 Å². The quantitative estimate of drug-likeness (QED) is 0.903. The Balaban J connectivity index is 2.03. The number of halogens is 2. The third-order valence-electron chi connectivity index (χ3n) is 3.25. The Labute approximate surface area is 116 Å². The molecule has 0 radical (unpaired) electrons. The van der Waals surface area contributed by atoms with E-state index in [0.717, 1.165) is 21.5 Å². The van der Waals surface area contributed by atoms with Crippen molar-refractivity contribution in [1.82, 2.24) is 0 Å². The highest BCUT2D eigenvalue weighted by Crippen LogP contribution is 2.36. The molecular formula is C13H17BrClNO. The molecule has 0 saturated heterocycles. The van der Waals surface area contributed by atoms with E-state index >= 15 is 0 Å². The minimum atomic E-state index is 0.0196. The molecule has 0 heterocycles. The lowest BCUT2D eigenvalue weighted by molar-refractivity contribution is 0.0627. The lowest BCUT2D eigenvalue weighted by Crippen LogP contribution is -2.39. The molecule has 1 aliphatic carbocycles. The molecule has 2 atom stereocenters. The lowest BCUT2D eigenvalue weighted by atomic mass is 9.99. The molecule has 4 heteroatoms. The second kappa shape index (κ2) is 5.70. The Morgan fingerprint density at radius 3 is 2.76 bits per heavy atom. The van der Waals surface area contributed by atoms with Crippen LogP contribution in [0.25, 0.3) is 0 Å². The van der Waals surface area contributed by atoms with Crippen LogP contribution in [0.2, 0.25) is 5.02 Å². The van der Waals surface area contributed by atoms with Crippen LogP contribution in [0.4, 0.5) is 0 Å². The predicted molar refractivity (Wildman–Crippen MR) is 74.4 cm³/mol. The third kappa shape index (κ3) is 3.44. The Morgan fingerprint density at radius 2 is 2.24 bits per heavy atom. The number of benzene rings is 1. The number of ether oxygens (including phenoxy) is 1. The van der Waals surface area contributed by atoms with E-state index in [4.69, 9.17) is 22.1 Å². The van der Waals surface area contributed by atoms with Gasteiger partial charge in [0.15, 0.2) is 0 Å². The minimum absolute atomic E-state index is 0.0196. The molecule has 2 rings (SSSR count). The van der Waals surface area contributed by atoms with E-state index in [1.165, 1.54) is 12.8 Å². The van der Waals surface area contributed by atoms with Gasteiger partial charge in [-0.3, -0.25) is 0 Å². The van der Waals surface area contributed by atoms with Gasteiger partial charge >= 0.3 is 0 Å². The van der Waals surface area contributed by atoms with Crippen LogP contribution < -0.4 is 5.73 Å². The summed E-state index contributed by atoms with van der Waals surface area (Å²) in [5, 5.41) is 0.764. The summed E-state index contributed by atoms with van der Waals surface area (Å²) in [6.45, 7) is 0. The highest BCUT2D eigenvalue weighted by Gasteiger charge is 2.35. The fraction of sp³-hybridized carbons (Fsp3) is 0.538. The van der Waals surface area contributed by atoms with Gasteiger partial charge in [-0.05, 0) is 42.9 Å². The number of hydrogen-bond acceptors (Lipinski definition) is 2. The average Bonchev–Trinajstić information content (AvgIpc) is 3.08. The molecule has 2 nitrogen and oxygen atoms in total. The smallest absolute Gasteiger partial charge is 0.0753 e. The second-order valence-corrected chi connectivity index (χ2v) is 5.96. The van der Waals surface area contributed by atoms with E-state index < -0.39 is 0 Å². The second-order valence-electron chi connectivity index (χ2n) is 4.64. The summed E-state index contributed by atoms with van der Waals surface area (Å²) in [5.74, 6) is 0.643. The summed E-state index contributed by atoms with van der Waals surface area (Å²) in [6, 6.07) is 5.94. The molecule has 0 bridgehead atoms. The van der Waals surface area contributed by atoms with Crippen LogP contribution in [0.15, 0.2) is 22.7 Å². The van der Waals surface area contributed by atoms with E-state index in [1.54, 1.807) is 7.11 Å². The molecule has 1 fully saturated rings. The Kier molecular flexibility index (Phi) is 4.47. The van der Waals surface area contributed by atoms with E-state index in [1.807, 2.05) is 18.2 Å². The molecule has 2 N–H and O–H groups in total. The van der Waals surface area contributed by atoms with Gasteiger partial charge in [0.25, 0.3) is 0 Å². The maximum atomic E-state index is 6.21. The van der Waals surface area contributed by atoms with Crippen molar-refractivity contribution in [3.63, 3.8) is 0 Å². The van der Waals surface area contributed by atoms with Crippen LogP contribution in [-0.4, -0.2) is 19.3 Å². The molecule has 1 aliphatic rings. The van der Waals surface area contributed by atoms with Crippen LogP contribution in [0, 0.1) is 5.92 Å². The summed E-state index contributed by atoms with van der Waals surface area (Å²) in [4.78, 5) is 0. The highest BCUT2D eigenvalue weighted by atomic mass is 79.9. The molecule has 0 aromatic heterocycles. The zero-order valence-electron chi connectivity index (χ0n) is 9.83. The molecule has 17 heavy (non-hydrogen) atoms. The van der Waals surface area contributed by atoms with Crippen molar-refractivity contribution in [3.05, 3.63) is 33.3 Å². The third-order valence-corrected chi connectivity index (χ3v) is 4.10. The summed E-state index contributed by atoms with van der Waals surface area (Å²) < 4.78 is 6.49. The fourth-order valence-electron chi connectivity index (χ4n) is 2.20. The van der Waals surface area contributed by atoms with Crippen molar-refractivity contribution in [2.24, 2.45) is 11.7 Å². The monoisotopic (exact) mass is 317 g/mol. The Bertz CT molecular complexity index is 395. The van der Waals surface area contributed by atoms with E-state index in [0.29, 0.717) is 5.92 Å². The zero-order chi connectivity index (χ0) is 12.4. The van der Waals surface area contributed by atoms with E-state index in [2.05, 4.69) is 15.9 Å². The van der Waals surface area contributed by atoms with Gasteiger partial charge in [0, 0.05) is 22.6 Å². The summed E-state index contributed by atoms with van der Waals surface area (Å²) in [7, 11) is 1.74. The molecule has 94 valence electrons. The topological polar surface area (TPSA) is 35.2 Å². The first kappa shape index (κ1) is 13.3. The molecule has 0 spiro atoms. The van der Waals surface area contributed by atoms with Gasteiger partial charge in [0.05, 0.1) is 6.10 Å². The van der Waals surface area contributed by atoms with Crippen LogP contribution in [0.1, 0.15) is 18.4 Å². The van der Waals surface area contributed by atoms with Crippen LogP contribution in [0.3, 0.4) is 0 Å². The van der Waals surface area contributed by atoms with Crippen LogP contribution in [0.5, 0.6) is 0 Å². The van der Waals surface area contributed by atoms with Crippen LogP contribution in [-0.2, 0) is 11.2 Å². The van der Waals surface area contributed by atoms with Crippen LogP contribution >= 0.6 is 27.5 Å². The normalized spacial score (nSPS) is 19.1. The van der Waals surface area contributed by atoms with Crippen molar-refractivity contribution >= 4 is 27.5 Å². The van der Waals surface area contributed by atoms with Gasteiger partial charge < -0.3 is 10.5 Å². The van der Waals surface area contributed by atoms with Crippen molar-refractivity contribution in [3.8, 4) is 0 Å². The van der Waals surface area contributed by atoms with Gasteiger partial charge in [-0.15, -0.1) is 0 Å². The maximum Gasteiger partial charge on any atom is 0.0753 e. The van der Waals surface area contributed by atoms with Crippen molar-refractivity contribution in [1.29, 1.82) is 0 Å². The van der Waals surface area contributed by atoms with Gasteiger partial charge in [-0.1, -0.05) is 33.6 Å². The summed E-state index contributed by atoms with van der Waals surface area (Å²) >= 11 is 9.59. The largest absolute Gasteiger partial charge is 0.380 e. The number of hydrogen-bond donors (Lipinski definition) is 1. The first-order valence-corrected chi connectivity index (χ1v) is 7.01. The van der Waals surface area contributed by atoms with Gasteiger partial charge in [0.2, 0.25) is 0 Å². The zero-order valence-corrected chi connectivity index (χ0v) is 12.2. The lowest BCUT2D eigenvalue weighted by Gasteiger charge is -2.22. The van der Waals surface area contributed by atoms with Gasteiger partial charge in [-0.25, -0.2) is 0 Å². The van der Waals surface area contributed by atoms with E-state index in [-0.39, 0.29) is 12.1 Å². The Morgan fingerprint density at radius 1 is 1.53 bits per heavy atom. The molecule has 0 aliphatic heterocycles. The highest BCUT2D eigenvalue weighted by molar-refractivity contribution is 9.10. The maximum absolute atomic E-state index is 6.21. The molecular weight excluding hydrogens is 302 g/mol. The van der Waals surface area contributed by atoms with Crippen molar-refractivity contribution in [2.75, 3.05) is 7.11 Å². The van der Waals surface area contributed by atoms with Gasteiger partial charge in [0.1, 0.15) is 0 Å².